The Kier molecular flexibility index (Phi) is 5.15. The van der Waals surface area contributed by atoms with Crippen molar-refractivity contribution in [2.24, 2.45) is 0 Å². The Morgan fingerprint density at radius 1 is 1.59 bits per heavy atom. The van der Waals surface area contributed by atoms with Crippen LogP contribution in [-0.4, -0.2) is 34.7 Å². The van der Waals surface area contributed by atoms with Crippen molar-refractivity contribution in [1.29, 1.82) is 0 Å². The summed E-state index contributed by atoms with van der Waals surface area (Å²) in [6.07, 6.45) is 3.03. The van der Waals surface area contributed by atoms with Gasteiger partial charge in [0, 0.05) is 12.7 Å². The molecule has 1 aromatic rings. The Bertz CT molecular complexity index is 540. The van der Waals surface area contributed by atoms with Crippen molar-refractivity contribution in [1.82, 2.24) is 15.4 Å². The number of rotatable bonds is 4. The highest BCUT2D eigenvalue weighted by Gasteiger charge is 2.31. The summed E-state index contributed by atoms with van der Waals surface area (Å²) in [7, 11) is 0. The molecular formula is C16H23N3O3. The summed E-state index contributed by atoms with van der Waals surface area (Å²) >= 11 is 0. The lowest BCUT2D eigenvalue weighted by atomic mass is 10.0. The number of amides is 1. The van der Waals surface area contributed by atoms with Gasteiger partial charge in [0.2, 0.25) is 0 Å². The van der Waals surface area contributed by atoms with Crippen LogP contribution in [0.3, 0.4) is 0 Å². The number of carbonyl (C=O) groups is 1. The van der Waals surface area contributed by atoms with E-state index in [4.69, 9.17) is 9.57 Å². The van der Waals surface area contributed by atoms with Crippen LogP contribution >= 0.6 is 0 Å². The summed E-state index contributed by atoms with van der Waals surface area (Å²) < 4.78 is 5.44. The normalized spacial score (nSPS) is 17.8. The van der Waals surface area contributed by atoms with Gasteiger partial charge in [0.05, 0.1) is 24.9 Å². The third-order valence-electron chi connectivity index (χ3n) is 3.12. The van der Waals surface area contributed by atoms with Gasteiger partial charge in [0.15, 0.2) is 0 Å². The molecule has 6 nitrogen and oxygen atoms in total. The number of aromatic nitrogens is 1. The van der Waals surface area contributed by atoms with E-state index in [9.17, 15) is 4.79 Å². The van der Waals surface area contributed by atoms with Gasteiger partial charge in [0.1, 0.15) is 5.60 Å². The number of hydrogen-bond donors (Lipinski definition) is 1. The van der Waals surface area contributed by atoms with Gasteiger partial charge in [-0.25, -0.2) is 4.79 Å². The molecule has 0 bridgehead atoms. The fraction of sp³-hybridized carbons (Fsp3) is 0.500. The Morgan fingerprint density at radius 3 is 3.05 bits per heavy atom. The predicted octanol–water partition coefficient (Wildman–Crippen LogP) is 2.58. The minimum Gasteiger partial charge on any atom is -0.444 e. The van der Waals surface area contributed by atoms with Gasteiger partial charge < -0.3 is 9.64 Å². The quantitative estimate of drug-likeness (QED) is 0.526. The molecule has 0 radical (unpaired) electrons. The van der Waals surface area contributed by atoms with Crippen LogP contribution in [0.5, 0.6) is 0 Å². The first-order valence-electron chi connectivity index (χ1n) is 7.30. The molecular weight excluding hydrogens is 282 g/mol. The molecule has 120 valence electrons. The SMILES string of the molecule is C=CCONC1CN(C(=O)OC(C)(C)C)Cc2ncccc21. The first-order chi connectivity index (χ1) is 10.4. The van der Waals surface area contributed by atoms with E-state index in [0.29, 0.717) is 19.7 Å². The maximum Gasteiger partial charge on any atom is 0.410 e. The van der Waals surface area contributed by atoms with Gasteiger partial charge in [0.25, 0.3) is 0 Å². The topological polar surface area (TPSA) is 63.7 Å². The molecule has 0 aromatic carbocycles. The molecule has 1 aliphatic rings. The smallest absolute Gasteiger partial charge is 0.410 e. The van der Waals surface area contributed by atoms with Crippen LogP contribution in [-0.2, 0) is 16.1 Å². The van der Waals surface area contributed by atoms with Gasteiger partial charge in [-0.3, -0.25) is 9.82 Å². The van der Waals surface area contributed by atoms with Crippen molar-refractivity contribution in [2.45, 2.75) is 39.0 Å². The fourth-order valence-corrected chi connectivity index (χ4v) is 2.24. The molecule has 0 saturated carbocycles. The number of nitrogens with one attached hydrogen (secondary N) is 1. The number of fused-ring (bicyclic) bond motifs is 1. The lowest BCUT2D eigenvalue weighted by Crippen LogP contribution is -2.45. The lowest BCUT2D eigenvalue weighted by molar-refractivity contribution is -0.00228. The van der Waals surface area contributed by atoms with E-state index in [0.717, 1.165) is 11.3 Å². The van der Waals surface area contributed by atoms with Crippen molar-refractivity contribution in [3.63, 3.8) is 0 Å². The number of ether oxygens (including phenoxy) is 1. The predicted molar refractivity (Wildman–Crippen MR) is 82.9 cm³/mol. The monoisotopic (exact) mass is 305 g/mol. The third kappa shape index (κ3) is 4.29. The number of hydrogen-bond acceptors (Lipinski definition) is 5. The van der Waals surface area contributed by atoms with E-state index in [1.54, 1.807) is 17.2 Å². The zero-order valence-electron chi connectivity index (χ0n) is 13.3. The number of pyridine rings is 1. The highest BCUT2D eigenvalue weighted by molar-refractivity contribution is 5.68. The minimum atomic E-state index is -0.524. The molecule has 1 N–H and O–H groups in total. The summed E-state index contributed by atoms with van der Waals surface area (Å²) in [5, 5.41) is 0. The van der Waals surface area contributed by atoms with E-state index in [1.165, 1.54) is 0 Å². The zero-order valence-corrected chi connectivity index (χ0v) is 13.3. The summed E-state index contributed by atoms with van der Waals surface area (Å²) in [4.78, 5) is 23.6. The molecule has 0 spiro atoms. The van der Waals surface area contributed by atoms with Crippen LogP contribution in [0.2, 0.25) is 0 Å². The lowest BCUT2D eigenvalue weighted by Gasteiger charge is -2.35. The standard InChI is InChI=1S/C16H23N3O3/c1-5-9-21-18-14-11-19(15(20)22-16(2,3)4)10-13-12(14)7-6-8-17-13/h5-8,14,18H,1,9-11H2,2-4H3. The average molecular weight is 305 g/mol. The van der Waals surface area contributed by atoms with Crippen molar-refractivity contribution in [2.75, 3.05) is 13.2 Å². The van der Waals surface area contributed by atoms with Gasteiger partial charge in [-0.05, 0) is 32.4 Å². The molecule has 0 saturated heterocycles. The molecule has 1 aliphatic heterocycles. The molecule has 1 aromatic heterocycles. The second-order valence-corrected chi connectivity index (χ2v) is 6.17. The van der Waals surface area contributed by atoms with Gasteiger partial charge >= 0.3 is 6.09 Å². The molecule has 2 rings (SSSR count). The van der Waals surface area contributed by atoms with Crippen LogP contribution in [0.4, 0.5) is 4.79 Å². The Hall–Kier alpha value is -1.92. The van der Waals surface area contributed by atoms with Crippen LogP contribution in [0.25, 0.3) is 0 Å². The summed E-state index contributed by atoms with van der Waals surface area (Å²) in [6, 6.07) is 3.72. The summed E-state index contributed by atoms with van der Waals surface area (Å²) in [6.45, 7) is 10.4. The first kappa shape index (κ1) is 16.5. The van der Waals surface area contributed by atoms with Crippen molar-refractivity contribution in [3.8, 4) is 0 Å². The number of hydroxylamine groups is 1. The van der Waals surface area contributed by atoms with Gasteiger partial charge in [-0.1, -0.05) is 12.1 Å². The molecule has 1 atom stereocenters. The fourth-order valence-electron chi connectivity index (χ4n) is 2.24. The van der Waals surface area contributed by atoms with Crippen molar-refractivity contribution in [3.05, 3.63) is 42.2 Å². The van der Waals surface area contributed by atoms with Crippen LogP contribution in [0.1, 0.15) is 38.1 Å². The highest BCUT2D eigenvalue weighted by Crippen LogP contribution is 2.26. The van der Waals surface area contributed by atoms with E-state index < -0.39 is 5.60 Å². The largest absolute Gasteiger partial charge is 0.444 e. The Balaban J connectivity index is 2.13. The second-order valence-electron chi connectivity index (χ2n) is 6.17. The Morgan fingerprint density at radius 2 is 2.36 bits per heavy atom. The number of carbonyl (C=O) groups excluding carboxylic acids is 1. The Labute approximate surface area is 131 Å². The third-order valence-corrected chi connectivity index (χ3v) is 3.12. The van der Waals surface area contributed by atoms with Crippen molar-refractivity contribution >= 4 is 6.09 Å². The maximum atomic E-state index is 12.3. The first-order valence-corrected chi connectivity index (χ1v) is 7.30. The van der Waals surface area contributed by atoms with E-state index in [-0.39, 0.29) is 12.1 Å². The molecule has 1 unspecified atom stereocenters. The van der Waals surface area contributed by atoms with E-state index in [2.05, 4.69) is 17.0 Å². The van der Waals surface area contributed by atoms with Crippen LogP contribution in [0, 0.1) is 0 Å². The molecule has 22 heavy (non-hydrogen) atoms. The van der Waals surface area contributed by atoms with Crippen molar-refractivity contribution < 1.29 is 14.4 Å². The second kappa shape index (κ2) is 6.89. The minimum absolute atomic E-state index is 0.148. The molecule has 0 fully saturated rings. The molecule has 1 amide bonds. The zero-order chi connectivity index (χ0) is 16.2. The average Bonchev–Trinajstić information content (AvgIpc) is 2.45. The molecule has 6 heteroatoms. The van der Waals surface area contributed by atoms with Crippen LogP contribution in [0.15, 0.2) is 31.0 Å². The highest BCUT2D eigenvalue weighted by atomic mass is 16.6. The van der Waals surface area contributed by atoms with Crippen LogP contribution < -0.4 is 5.48 Å². The summed E-state index contributed by atoms with van der Waals surface area (Å²) in [5.74, 6) is 0. The van der Waals surface area contributed by atoms with Gasteiger partial charge in [-0.15, -0.1) is 6.58 Å². The summed E-state index contributed by atoms with van der Waals surface area (Å²) in [5.41, 5.74) is 4.32. The molecule has 2 heterocycles. The maximum absolute atomic E-state index is 12.3. The van der Waals surface area contributed by atoms with E-state index in [1.807, 2.05) is 32.9 Å². The molecule has 0 aliphatic carbocycles. The van der Waals surface area contributed by atoms with E-state index >= 15 is 0 Å². The van der Waals surface area contributed by atoms with Gasteiger partial charge in [-0.2, -0.15) is 5.48 Å². The number of nitrogens with zero attached hydrogens (tertiary/aromatic N) is 2.